The molecule has 0 unspecified atom stereocenters. The molecule has 0 spiro atoms. The second-order valence-corrected chi connectivity index (χ2v) is 5.54. The Kier molecular flexibility index (Phi) is 7.45. The van der Waals surface area contributed by atoms with Crippen LogP contribution < -0.4 is 5.32 Å². The van der Waals surface area contributed by atoms with E-state index in [0.29, 0.717) is 26.2 Å². The lowest BCUT2D eigenvalue weighted by atomic mass is 9.97. The zero-order valence-electron chi connectivity index (χ0n) is 12.9. The summed E-state index contributed by atoms with van der Waals surface area (Å²) in [6.45, 7) is 6.43. The number of unbranched alkanes of at least 4 members (excludes halogenated alkanes) is 1. The van der Waals surface area contributed by atoms with Gasteiger partial charge in [0.2, 0.25) is 0 Å². The summed E-state index contributed by atoms with van der Waals surface area (Å²) in [5.41, 5.74) is -0.543. The maximum absolute atomic E-state index is 11.8. The van der Waals surface area contributed by atoms with E-state index in [9.17, 15) is 9.59 Å². The van der Waals surface area contributed by atoms with Crippen molar-refractivity contribution in [3.05, 3.63) is 0 Å². The van der Waals surface area contributed by atoms with Crippen LogP contribution in [0, 0.1) is 0 Å². The Labute approximate surface area is 125 Å². The van der Waals surface area contributed by atoms with Crippen LogP contribution in [0.25, 0.3) is 0 Å². The molecule has 1 fully saturated rings. The van der Waals surface area contributed by atoms with Crippen LogP contribution in [0.15, 0.2) is 0 Å². The molecule has 0 radical (unpaired) electrons. The molecule has 0 atom stereocenters. The van der Waals surface area contributed by atoms with Gasteiger partial charge in [0.25, 0.3) is 0 Å². The number of rotatable bonds is 10. The van der Waals surface area contributed by atoms with Gasteiger partial charge >= 0.3 is 12.0 Å². The number of hydrogen-bond donors (Lipinski definition) is 2. The fraction of sp³-hybridized carbons (Fsp3) is 0.857. The van der Waals surface area contributed by atoms with Gasteiger partial charge in [0.15, 0.2) is 0 Å². The highest BCUT2D eigenvalue weighted by atomic mass is 16.5. The molecule has 0 aromatic carbocycles. The average molecular weight is 302 g/mol. The topological polar surface area (TPSA) is 88.1 Å². The molecule has 2 N–H and O–H groups in total. The Hall–Kier alpha value is -1.34. The van der Waals surface area contributed by atoms with Crippen LogP contribution in [0.4, 0.5) is 4.79 Å². The van der Waals surface area contributed by atoms with Gasteiger partial charge in [-0.2, -0.15) is 0 Å². The summed E-state index contributed by atoms with van der Waals surface area (Å²) < 4.78 is 10.7. The smallest absolute Gasteiger partial charge is 0.329 e. The van der Waals surface area contributed by atoms with Crippen molar-refractivity contribution in [2.45, 2.75) is 38.7 Å². The maximum Gasteiger partial charge on any atom is 0.329 e. The number of carboxylic acids is 1. The number of carbonyl (C=O) groups is 2. The molecule has 21 heavy (non-hydrogen) atoms. The highest BCUT2D eigenvalue weighted by molar-refractivity contribution is 5.75. The van der Waals surface area contributed by atoms with Crippen LogP contribution in [0.3, 0.4) is 0 Å². The molecule has 0 aromatic rings. The van der Waals surface area contributed by atoms with Crippen molar-refractivity contribution in [1.82, 2.24) is 10.2 Å². The van der Waals surface area contributed by atoms with E-state index >= 15 is 0 Å². The summed E-state index contributed by atoms with van der Waals surface area (Å²) in [5.74, 6) is -0.998. The van der Waals surface area contributed by atoms with E-state index in [1.807, 2.05) is 0 Å². The number of urea groups is 1. The molecule has 1 aliphatic heterocycles. The minimum Gasteiger partial charge on any atom is -0.480 e. The van der Waals surface area contributed by atoms with Gasteiger partial charge in [0, 0.05) is 19.8 Å². The number of nitrogens with one attached hydrogen (secondary N) is 1. The third kappa shape index (κ3) is 6.77. The first-order chi connectivity index (χ1) is 9.97. The lowest BCUT2D eigenvalue weighted by molar-refractivity contribution is -0.159. The van der Waals surface area contributed by atoms with E-state index in [2.05, 4.69) is 12.2 Å². The predicted octanol–water partition coefficient (Wildman–Crippen LogP) is 1.08. The average Bonchev–Trinajstić information content (AvgIpc) is 2.41. The first-order valence-corrected chi connectivity index (χ1v) is 7.43. The number of hydrogen-bond acceptors (Lipinski definition) is 4. The Bertz CT molecular complexity index is 342. The summed E-state index contributed by atoms with van der Waals surface area (Å²) in [6, 6.07) is -0.139. The highest BCUT2D eigenvalue weighted by Gasteiger charge is 2.42. The molecule has 7 nitrogen and oxygen atoms in total. The van der Waals surface area contributed by atoms with Crippen LogP contribution in [0.5, 0.6) is 0 Å². The molecule has 1 saturated heterocycles. The standard InChI is InChI=1S/C14H26N2O5/c1-3-4-7-20-8-5-6-15-13(19)16-10-14(2,11-16)21-9-12(17)18/h3-11H2,1-2H3,(H,15,19)(H,17,18). The Balaban J connectivity index is 2.03. The fourth-order valence-electron chi connectivity index (χ4n) is 2.06. The quantitative estimate of drug-likeness (QED) is 0.590. The second-order valence-electron chi connectivity index (χ2n) is 5.54. The van der Waals surface area contributed by atoms with Crippen molar-refractivity contribution in [2.75, 3.05) is 39.5 Å². The zero-order chi connectivity index (χ0) is 15.7. The number of likely N-dealkylation sites (tertiary alicyclic amines) is 1. The van der Waals surface area contributed by atoms with Crippen LogP contribution >= 0.6 is 0 Å². The number of amides is 2. The predicted molar refractivity (Wildman–Crippen MR) is 77.3 cm³/mol. The number of carboxylic acid groups (broad SMARTS) is 1. The first kappa shape index (κ1) is 17.7. The molecule has 2 amide bonds. The van der Waals surface area contributed by atoms with Gasteiger partial charge < -0.3 is 24.8 Å². The molecule has 122 valence electrons. The van der Waals surface area contributed by atoms with Crippen molar-refractivity contribution >= 4 is 12.0 Å². The van der Waals surface area contributed by atoms with Gasteiger partial charge in [-0.3, -0.25) is 0 Å². The summed E-state index contributed by atoms with van der Waals surface area (Å²) >= 11 is 0. The molecular formula is C14H26N2O5. The van der Waals surface area contributed by atoms with Gasteiger partial charge in [-0.25, -0.2) is 9.59 Å². The van der Waals surface area contributed by atoms with E-state index in [1.165, 1.54) is 0 Å². The van der Waals surface area contributed by atoms with E-state index in [0.717, 1.165) is 25.9 Å². The van der Waals surface area contributed by atoms with Crippen molar-refractivity contribution in [1.29, 1.82) is 0 Å². The van der Waals surface area contributed by atoms with Crippen molar-refractivity contribution in [3.8, 4) is 0 Å². The molecule has 1 rings (SSSR count). The number of aliphatic carboxylic acids is 1. The van der Waals surface area contributed by atoms with E-state index in [-0.39, 0.29) is 12.6 Å². The molecule has 1 aliphatic rings. The largest absolute Gasteiger partial charge is 0.480 e. The molecule has 0 aromatic heterocycles. The minimum atomic E-state index is -0.998. The normalized spacial score (nSPS) is 16.4. The third-order valence-corrected chi connectivity index (χ3v) is 3.27. The first-order valence-electron chi connectivity index (χ1n) is 7.43. The van der Waals surface area contributed by atoms with Gasteiger partial charge in [-0.1, -0.05) is 13.3 Å². The SMILES string of the molecule is CCCCOCCCNC(=O)N1CC(C)(OCC(=O)O)C1. The van der Waals surface area contributed by atoms with Crippen LogP contribution in [-0.2, 0) is 14.3 Å². The number of ether oxygens (including phenoxy) is 2. The third-order valence-electron chi connectivity index (χ3n) is 3.27. The summed E-state index contributed by atoms with van der Waals surface area (Å²) in [4.78, 5) is 23.8. The van der Waals surface area contributed by atoms with E-state index in [1.54, 1.807) is 11.8 Å². The van der Waals surface area contributed by atoms with Gasteiger partial charge in [0.1, 0.15) is 12.2 Å². The summed E-state index contributed by atoms with van der Waals surface area (Å²) in [6.07, 6.45) is 2.97. The zero-order valence-corrected chi connectivity index (χ0v) is 12.9. The molecule has 1 heterocycles. The van der Waals surface area contributed by atoms with Gasteiger partial charge in [0.05, 0.1) is 13.1 Å². The Morgan fingerprint density at radius 3 is 2.57 bits per heavy atom. The summed E-state index contributed by atoms with van der Waals surface area (Å²) in [5, 5.41) is 11.4. The highest BCUT2D eigenvalue weighted by Crippen LogP contribution is 2.24. The molecule has 0 aliphatic carbocycles. The van der Waals surface area contributed by atoms with E-state index in [4.69, 9.17) is 14.6 Å². The molecule has 0 bridgehead atoms. The van der Waals surface area contributed by atoms with Crippen molar-refractivity contribution < 1.29 is 24.2 Å². The minimum absolute atomic E-state index is 0.139. The van der Waals surface area contributed by atoms with Crippen molar-refractivity contribution in [2.24, 2.45) is 0 Å². The lowest BCUT2D eigenvalue weighted by Gasteiger charge is -2.46. The van der Waals surface area contributed by atoms with Crippen LogP contribution in [0.2, 0.25) is 0 Å². The van der Waals surface area contributed by atoms with Crippen LogP contribution in [-0.4, -0.2) is 67.1 Å². The van der Waals surface area contributed by atoms with E-state index < -0.39 is 11.6 Å². The second kappa shape index (κ2) is 8.84. The van der Waals surface area contributed by atoms with Gasteiger partial charge in [-0.15, -0.1) is 0 Å². The van der Waals surface area contributed by atoms with Gasteiger partial charge in [-0.05, 0) is 19.8 Å². The Morgan fingerprint density at radius 1 is 1.29 bits per heavy atom. The van der Waals surface area contributed by atoms with Crippen molar-refractivity contribution in [3.63, 3.8) is 0 Å². The maximum atomic E-state index is 11.8. The number of nitrogens with zero attached hydrogens (tertiary/aromatic N) is 1. The summed E-state index contributed by atoms with van der Waals surface area (Å²) in [7, 11) is 0. The monoisotopic (exact) mass is 302 g/mol. The fourth-order valence-corrected chi connectivity index (χ4v) is 2.06. The molecule has 0 saturated carbocycles. The van der Waals surface area contributed by atoms with Crippen LogP contribution in [0.1, 0.15) is 33.1 Å². The Morgan fingerprint density at radius 2 is 1.95 bits per heavy atom. The molecule has 7 heteroatoms. The number of carbonyl (C=O) groups excluding carboxylic acids is 1. The molecular weight excluding hydrogens is 276 g/mol. The lowest BCUT2D eigenvalue weighted by Crippen LogP contribution is -2.65.